The first kappa shape index (κ1) is 15.2. The Balaban J connectivity index is 1.60. The van der Waals surface area contributed by atoms with Crippen molar-refractivity contribution in [2.45, 2.75) is 19.3 Å². The lowest BCUT2D eigenvalue weighted by Gasteiger charge is -2.32. The van der Waals surface area contributed by atoms with E-state index in [1.54, 1.807) is 0 Å². The van der Waals surface area contributed by atoms with Gasteiger partial charge in [0, 0.05) is 45.0 Å². The standard InChI is InChI=1S/C18H27N3O/c1-16(20-11-5-2-6-12-20)15-22-18-8-4-3-7-17(18)21-13-9-19-10-14-21/h3-4,7-8,19H,1-2,5-6,9-15H2. The number of nitrogens with zero attached hydrogens (tertiary/aromatic N) is 2. The number of para-hydroxylation sites is 2. The Labute approximate surface area is 133 Å². The number of anilines is 1. The van der Waals surface area contributed by atoms with Gasteiger partial charge in [-0.05, 0) is 31.4 Å². The lowest BCUT2D eigenvalue weighted by atomic mass is 10.1. The summed E-state index contributed by atoms with van der Waals surface area (Å²) in [6.45, 7) is 11.2. The lowest BCUT2D eigenvalue weighted by Crippen LogP contribution is -2.43. The van der Waals surface area contributed by atoms with E-state index < -0.39 is 0 Å². The van der Waals surface area contributed by atoms with Gasteiger partial charge in [0.15, 0.2) is 0 Å². The zero-order valence-electron chi connectivity index (χ0n) is 13.4. The molecule has 1 N–H and O–H groups in total. The molecule has 4 heteroatoms. The van der Waals surface area contributed by atoms with Crippen LogP contribution in [-0.4, -0.2) is 50.8 Å². The summed E-state index contributed by atoms with van der Waals surface area (Å²) >= 11 is 0. The van der Waals surface area contributed by atoms with Crippen molar-refractivity contribution in [1.82, 2.24) is 10.2 Å². The molecule has 0 aromatic heterocycles. The maximum atomic E-state index is 6.10. The van der Waals surface area contributed by atoms with Crippen molar-refractivity contribution in [2.24, 2.45) is 0 Å². The van der Waals surface area contributed by atoms with Crippen molar-refractivity contribution < 1.29 is 4.74 Å². The highest BCUT2D eigenvalue weighted by molar-refractivity contribution is 5.58. The van der Waals surface area contributed by atoms with Crippen molar-refractivity contribution in [3.63, 3.8) is 0 Å². The molecular weight excluding hydrogens is 274 g/mol. The SMILES string of the molecule is C=C(COc1ccccc1N1CCNCC1)N1CCCCC1. The van der Waals surface area contributed by atoms with Gasteiger partial charge in [0.05, 0.1) is 5.69 Å². The second kappa shape index (κ2) is 7.54. The smallest absolute Gasteiger partial charge is 0.143 e. The summed E-state index contributed by atoms with van der Waals surface area (Å²) in [5, 5.41) is 3.39. The first-order valence-corrected chi connectivity index (χ1v) is 8.45. The second-order valence-corrected chi connectivity index (χ2v) is 6.11. The maximum Gasteiger partial charge on any atom is 0.143 e. The minimum Gasteiger partial charge on any atom is -0.485 e. The highest BCUT2D eigenvalue weighted by Crippen LogP contribution is 2.28. The predicted molar refractivity (Wildman–Crippen MR) is 91.6 cm³/mol. The molecule has 4 nitrogen and oxygen atoms in total. The Morgan fingerprint density at radius 3 is 2.55 bits per heavy atom. The molecule has 0 saturated carbocycles. The predicted octanol–water partition coefficient (Wildman–Crippen LogP) is 2.47. The van der Waals surface area contributed by atoms with Crippen LogP contribution in [0.3, 0.4) is 0 Å². The van der Waals surface area contributed by atoms with E-state index in [-0.39, 0.29) is 0 Å². The molecule has 0 unspecified atom stereocenters. The van der Waals surface area contributed by atoms with Crippen LogP contribution in [0.2, 0.25) is 0 Å². The first-order chi connectivity index (χ1) is 10.8. The number of piperazine rings is 1. The third-order valence-electron chi connectivity index (χ3n) is 4.52. The Kier molecular flexibility index (Phi) is 5.22. The van der Waals surface area contributed by atoms with Crippen LogP contribution >= 0.6 is 0 Å². The van der Waals surface area contributed by atoms with Gasteiger partial charge < -0.3 is 19.9 Å². The molecule has 120 valence electrons. The van der Waals surface area contributed by atoms with E-state index >= 15 is 0 Å². The Morgan fingerprint density at radius 2 is 1.77 bits per heavy atom. The molecule has 0 bridgehead atoms. The molecule has 3 rings (SSSR count). The Hall–Kier alpha value is -1.68. The van der Waals surface area contributed by atoms with Gasteiger partial charge >= 0.3 is 0 Å². The third kappa shape index (κ3) is 3.74. The van der Waals surface area contributed by atoms with Crippen molar-refractivity contribution in [1.29, 1.82) is 0 Å². The average molecular weight is 301 g/mol. The highest BCUT2D eigenvalue weighted by Gasteiger charge is 2.16. The second-order valence-electron chi connectivity index (χ2n) is 6.11. The van der Waals surface area contributed by atoms with Crippen LogP contribution in [0.1, 0.15) is 19.3 Å². The lowest BCUT2D eigenvalue weighted by molar-refractivity contribution is 0.237. The fraction of sp³-hybridized carbons (Fsp3) is 0.556. The monoisotopic (exact) mass is 301 g/mol. The highest BCUT2D eigenvalue weighted by atomic mass is 16.5. The summed E-state index contributed by atoms with van der Waals surface area (Å²) in [5.74, 6) is 0.975. The van der Waals surface area contributed by atoms with E-state index in [0.717, 1.165) is 50.7 Å². The van der Waals surface area contributed by atoms with Crippen molar-refractivity contribution in [3.8, 4) is 5.75 Å². The number of hydrogen-bond acceptors (Lipinski definition) is 4. The zero-order chi connectivity index (χ0) is 15.2. The molecule has 0 amide bonds. The first-order valence-electron chi connectivity index (χ1n) is 8.45. The van der Waals surface area contributed by atoms with Gasteiger partial charge in [0.2, 0.25) is 0 Å². The minimum absolute atomic E-state index is 0.586. The zero-order valence-corrected chi connectivity index (χ0v) is 13.4. The minimum atomic E-state index is 0.586. The largest absolute Gasteiger partial charge is 0.485 e. The number of likely N-dealkylation sites (tertiary alicyclic amines) is 1. The molecule has 0 aliphatic carbocycles. The van der Waals surface area contributed by atoms with Gasteiger partial charge in [0.25, 0.3) is 0 Å². The van der Waals surface area contributed by atoms with E-state index in [2.05, 4.69) is 39.9 Å². The third-order valence-corrected chi connectivity index (χ3v) is 4.52. The molecule has 2 aliphatic heterocycles. The molecule has 2 fully saturated rings. The number of ether oxygens (including phenoxy) is 1. The summed E-state index contributed by atoms with van der Waals surface area (Å²) in [6, 6.07) is 8.36. The summed E-state index contributed by atoms with van der Waals surface area (Å²) in [7, 11) is 0. The average Bonchev–Trinajstić information content (AvgIpc) is 2.61. The van der Waals surface area contributed by atoms with Crippen LogP contribution in [0.25, 0.3) is 0 Å². The van der Waals surface area contributed by atoms with Gasteiger partial charge in [-0.3, -0.25) is 0 Å². The van der Waals surface area contributed by atoms with Crippen LogP contribution in [0.4, 0.5) is 5.69 Å². The van der Waals surface area contributed by atoms with E-state index in [9.17, 15) is 0 Å². The van der Waals surface area contributed by atoms with E-state index in [1.165, 1.54) is 24.9 Å². The van der Waals surface area contributed by atoms with Crippen molar-refractivity contribution in [3.05, 3.63) is 36.5 Å². The summed E-state index contributed by atoms with van der Waals surface area (Å²) in [5.41, 5.74) is 2.31. The van der Waals surface area contributed by atoms with Crippen LogP contribution < -0.4 is 15.0 Å². The van der Waals surface area contributed by atoms with E-state index in [0.29, 0.717) is 6.61 Å². The maximum absolute atomic E-state index is 6.10. The molecule has 22 heavy (non-hydrogen) atoms. The van der Waals surface area contributed by atoms with Gasteiger partial charge in [-0.2, -0.15) is 0 Å². The molecule has 0 radical (unpaired) electrons. The molecule has 2 heterocycles. The number of piperidine rings is 1. The molecular formula is C18H27N3O. The summed E-state index contributed by atoms with van der Waals surface area (Å²) in [4.78, 5) is 4.77. The van der Waals surface area contributed by atoms with Crippen LogP contribution in [0, 0.1) is 0 Å². The van der Waals surface area contributed by atoms with Crippen LogP contribution in [0.15, 0.2) is 36.5 Å². The summed E-state index contributed by atoms with van der Waals surface area (Å²) in [6.07, 6.45) is 3.89. The van der Waals surface area contributed by atoms with E-state index in [4.69, 9.17) is 4.74 Å². The fourth-order valence-electron chi connectivity index (χ4n) is 3.21. The van der Waals surface area contributed by atoms with Crippen LogP contribution in [0.5, 0.6) is 5.75 Å². The Morgan fingerprint density at radius 1 is 1.05 bits per heavy atom. The molecule has 1 aromatic carbocycles. The van der Waals surface area contributed by atoms with Crippen molar-refractivity contribution >= 4 is 5.69 Å². The van der Waals surface area contributed by atoms with Crippen molar-refractivity contribution in [2.75, 3.05) is 50.8 Å². The van der Waals surface area contributed by atoms with E-state index in [1.807, 2.05) is 6.07 Å². The van der Waals surface area contributed by atoms with Gasteiger partial charge in [-0.25, -0.2) is 0 Å². The number of rotatable bonds is 5. The van der Waals surface area contributed by atoms with Gasteiger partial charge in [-0.1, -0.05) is 18.7 Å². The number of hydrogen-bond donors (Lipinski definition) is 1. The van der Waals surface area contributed by atoms with Crippen LogP contribution in [-0.2, 0) is 0 Å². The molecule has 1 aromatic rings. The molecule has 0 atom stereocenters. The Bertz CT molecular complexity index is 491. The fourth-order valence-corrected chi connectivity index (χ4v) is 3.21. The number of nitrogens with one attached hydrogen (secondary N) is 1. The molecule has 0 spiro atoms. The summed E-state index contributed by atoms with van der Waals surface area (Å²) < 4.78 is 6.10. The van der Waals surface area contributed by atoms with Gasteiger partial charge in [0.1, 0.15) is 12.4 Å². The number of benzene rings is 1. The molecule has 2 aliphatic rings. The molecule has 2 saturated heterocycles. The van der Waals surface area contributed by atoms with Gasteiger partial charge in [-0.15, -0.1) is 0 Å². The normalized spacial score (nSPS) is 19.1. The quantitative estimate of drug-likeness (QED) is 0.904. The topological polar surface area (TPSA) is 27.7 Å².